The van der Waals surface area contributed by atoms with Crippen LogP contribution in [0.4, 0.5) is 5.69 Å². The van der Waals surface area contributed by atoms with Crippen molar-refractivity contribution in [1.82, 2.24) is 10.2 Å². The molecule has 0 radical (unpaired) electrons. The molecule has 0 atom stereocenters. The van der Waals surface area contributed by atoms with Crippen LogP contribution in [0.5, 0.6) is 0 Å². The fourth-order valence-electron chi connectivity index (χ4n) is 2.63. The Morgan fingerprint density at radius 1 is 1.11 bits per heavy atom. The van der Waals surface area contributed by atoms with Crippen LogP contribution in [0, 0.1) is 0 Å². The molecule has 1 aromatic rings. The van der Waals surface area contributed by atoms with Crippen LogP contribution in [0.2, 0.25) is 0 Å². The molecule has 2 rings (SSSR count). The molecule has 0 spiro atoms. The molecule has 0 saturated carbocycles. The number of anilines is 1. The first-order valence-electron chi connectivity index (χ1n) is 7.11. The van der Waals surface area contributed by atoms with Crippen molar-refractivity contribution in [3.05, 3.63) is 29.8 Å². The molecule has 1 N–H and O–H groups in total. The van der Waals surface area contributed by atoms with Gasteiger partial charge in [-0.3, -0.25) is 4.90 Å². The quantitative estimate of drug-likeness (QED) is 0.858. The standard InChI is InChI=1S/C15H25N3/c1-3-18(4-2)15-8-6-5-7-14(15)13-17-11-9-16-10-12-17/h5-8,16H,3-4,9-13H2,1-2H3. The first kappa shape index (κ1) is 13.4. The number of nitrogens with zero attached hydrogens (tertiary/aromatic N) is 2. The van der Waals surface area contributed by atoms with Gasteiger partial charge in [-0.15, -0.1) is 0 Å². The van der Waals surface area contributed by atoms with Gasteiger partial charge in [-0.2, -0.15) is 0 Å². The Morgan fingerprint density at radius 2 is 1.78 bits per heavy atom. The summed E-state index contributed by atoms with van der Waals surface area (Å²) in [6.07, 6.45) is 0. The number of piperazine rings is 1. The Labute approximate surface area is 111 Å². The highest BCUT2D eigenvalue weighted by Crippen LogP contribution is 2.21. The molecule has 0 unspecified atom stereocenters. The van der Waals surface area contributed by atoms with Gasteiger partial charge >= 0.3 is 0 Å². The van der Waals surface area contributed by atoms with Gasteiger partial charge in [0.1, 0.15) is 0 Å². The van der Waals surface area contributed by atoms with Crippen molar-refractivity contribution in [3.63, 3.8) is 0 Å². The first-order chi connectivity index (χ1) is 8.85. The predicted molar refractivity (Wildman–Crippen MR) is 78.1 cm³/mol. The van der Waals surface area contributed by atoms with E-state index in [0.717, 1.165) is 45.8 Å². The number of nitrogens with one attached hydrogen (secondary N) is 1. The van der Waals surface area contributed by atoms with E-state index in [1.165, 1.54) is 11.3 Å². The molecule has 1 aromatic carbocycles. The zero-order valence-electron chi connectivity index (χ0n) is 11.7. The summed E-state index contributed by atoms with van der Waals surface area (Å²) in [5.74, 6) is 0. The molecule has 18 heavy (non-hydrogen) atoms. The third-order valence-corrected chi connectivity index (χ3v) is 3.70. The Hall–Kier alpha value is -1.06. The van der Waals surface area contributed by atoms with Crippen molar-refractivity contribution in [3.8, 4) is 0 Å². The van der Waals surface area contributed by atoms with E-state index < -0.39 is 0 Å². The van der Waals surface area contributed by atoms with Crippen LogP contribution in [0.15, 0.2) is 24.3 Å². The van der Waals surface area contributed by atoms with Crippen LogP contribution >= 0.6 is 0 Å². The monoisotopic (exact) mass is 247 g/mol. The van der Waals surface area contributed by atoms with E-state index >= 15 is 0 Å². The molecule has 1 saturated heterocycles. The van der Waals surface area contributed by atoms with Crippen molar-refractivity contribution < 1.29 is 0 Å². The van der Waals surface area contributed by atoms with E-state index in [1.54, 1.807) is 0 Å². The molecule has 1 aliphatic heterocycles. The van der Waals surface area contributed by atoms with Crippen molar-refractivity contribution in [1.29, 1.82) is 0 Å². The minimum atomic E-state index is 1.08. The summed E-state index contributed by atoms with van der Waals surface area (Å²) < 4.78 is 0. The maximum absolute atomic E-state index is 3.41. The molecule has 0 amide bonds. The van der Waals surface area contributed by atoms with Crippen LogP contribution in [0.3, 0.4) is 0 Å². The van der Waals surface area contributed by atoms with Crippen LogP contribution in [0.1, 0.15) is 19.4 Å². The summed E-state index contributed by atoms with van der Waals surface area (Å²) in [6.45, 7) is 12.2. The fraction of sp³-hybridized carbons (Fsp3) is 0.600. The zero-order chi connectivity index (χ0) is 12.8. The average Bonchev–Trinajstić information content (AvgIpc) is 2.43. The van der Waals surface area contributed by atoms with Crippen LogP contribution < -0.4 is 10.2 Å². The minimum absolute atomic E-state index is 1.08. The van der Waals surface area contributed by atoms with Crippen LogP contribution in [-0.2, 0) is 6.54 Å². The summed E-state index contributed by atoms with van der Waals surface area (Å²) in [4.78, 5) is 4.98. The second-order valence-electron chi connectivity index (χ2n) is 4.83. The lowest BCUT2D eigenvalue weighted by atomic mass is 10.1. The first-order valence-corrected chi connectivity index (χ1v) is 7.11. The van der Waals surface area contributed by atoms with Gasteiger partial charge in [0.05, 0.1) is 0 Å². The molecule has 3 nitrogen and oxygen atoms in total. The van der Waals surface area contributed by atoms with Gasteiger partial charge in [-0.05, 0) is 25.5 Å². The molecule has 1 fully saturated rings. The highest BCUT2D eigenvalue weighted by atomic mass is 15.2. The zero-order valence-corrected chi connectivity index (χ0v) is 11.7. The largest absolute Gasteiger partial charge is 0.372 e. The summed E-state index contributed by atoms with van der Waals surface area (Å²) >= 11 is 0. The van der Waals surface area contributed by atoms with Crippen molar-refractivity contribution in [2.45, 2.75) is 20.4 Å². The third-order valence-electron chi connectivity index (χ3n) is 3.70. The Morgan fingerprint density at radius 3 is 2.44 bits per heavy atom. The average molecular weight is 247 g/mol. The highest BCUT2D eigenvalue weighted by molar-refractivity contribution is 5.53. The van der Waals surface area contributed by atoms with Gasteiger partial charge in [0.15, 0.2) is 0 Å². The molecule has 1 aliphatic rings. The number of para-hydroxylation sites is 1. The van der Waals surface area contributed by atoms with E-state index in [-0.39, 0.29) is 0 Å². The fourth-order valence-corrected chi connectivity index (χ4v) is 2.63. The predicted octanol–water partition coefficient (Wildman–Crippen LogP) is 1.94. The molecular formula is C15H25N3. The lowest BCUT2D eigenvalue weighted by Gasteiger charge is -2.30. The highest BCUT2D eigenvalue weighted by Gasteiger charge is 2.13. The van der Waals surface area contributed by atoms with Gasteiger partial charge in [0.25, 0.3) is 0 Å². The molecule has 3 heteroatoms. The van der Waals surface area contributed by atoms with Crippen molar-refractivity contribution in [2.24, 2.45) is 0 Å². The SMILES string of the molecule is CCN(CC)c1ccccc1CN1CCNCC1. The molecule has 1 heterocycles. The lowest BCUT2D eigenvalue weighted by Crippen LogP contribution is -2.43. The Balaban J connectivity index is 2.10. The number of hydrogen-bond donors (Lipinski definition) is 1. The summed E-state index contributed by atoms with van der Waals surface area (Å²) in [5.41, 5.74) is 2.86. The van der Waals surface area contributed by atoms with E-state index in [9.17, 15) is 0 Å². The Kier molecular flexibility index (Phi) is 5.02. The van der Waals surface area contributed by atoms with Gasteiger partial charge in [-0.1, -0.05) is 18.2 Å². The molecule has 0 bridgehead atoms. The van der Waals surface area contributed by atoms with E-state index in [1.807, 2.05) is 0 Å². The maximum Gasteiger partial charge on any atom is 0.0411 e. The molecular weight excluding hydrogens is 222 g/mol. The molecule has 0 aromatic heterocycles. The van der Waals surface area contributed by atoms with Gasteiger partial charge in [0.2, 0.25) is 0 Å². The van der Waals surface area contributed by atoms with Crippen molar-refractivity contribution >= 4 is 5.69 Å². The molecule has 100 valence electrons. The lowest BCUT2D eigenvalue weighted by molar-refractivity contribution is 0.233. The third kappa shape index (κ3) is 3.24. The van der Waals surface area contributed by atoms with Gasteiger partial charge in [0, 0.05) is 51.5 Å². The van der Waals surface area contributed by atoms with E-state index in [0.29, 0.717) is 0 Å². The minimum Gasteiger partial charge on any atom is -0.372 e. The summed E-state index contributed by atoms with van der Waals surface area (Å²) in [6, 6.07) is 8.83. The van der Waals surface area contributed by atoms with Gasteiger partial charge < -0.3 is 10.2 Å². The summed E-state index contributed by atoms with van der Waals surface area (Å²) in [5, 5.41) is 3.41. The van der Waals surface area contributed by atoms with Crippen molar-refractivity contribution in [2.75, 3.05) is 44.2 Å². The molecule has 0 aliphatic carbocycles. The normalized spacial score (nSPS) is 16.8. The Bertz CT molecular complexity index is 355. The summed E-state index contributed by atoms with van der Waals surface area (Å²) in [7, 11) is 0. The van der Waals surface area contributed by atoms with E-state index in [2.05, 4.69) is 53.2 Å². The number of benzene rings is 1. The maximum atomic E-state index is 3.41. The van der Waals surface area contributed by atoms with Gasteiger partial charge in [-0.25, -0.2) is 0 Å². The van der Waals surface area contributed by atoms with Crippen LogP contribution in [-0.4, -0.2) is 44.2 Å². The smallest absolute Gasteiger partial charge is 0.0411 e. The van der Waals surface area contributed by atoms with Crippen LogP contribution in [0.25, 0.3) is 0 Å². The topological polar surface area (TPSA) is 18.5 Å². The van der Waals surface area contributed by atoms with E-state index in [4.69, 9.17) is 0 Å². The number of rotatable bonds is 5. The number of hydrogen-bond acceptors (Lipinski definition) is 3. The second kappa shape index (κ2) is 6.76. The second-order valence-corrected chi connectivity index (χ2v) is 4.83.